The van der Waals surface area contributed by atoms with Crippen molar-refractivity contribution in [1.29, 1.82) is 0 Å². The molecule has 1 atom stereocenters. The molecule has 2 heterocycles. The van der Waals surface area contributed by atoms with E-state index in [2.05, 4.69) is 45.5 Å². The van der Waals surface area contributed by atoms with Crippen molar-refractivity contribution in [2.24, 2.45) is 0 Å². The standard InChI is InChI=1S/C21H23N3OS2/c25-20(15-26-21-23-17-10-4-5-11-19(17)27-21)22-14-18(24-12-6-7-13-24)16-8-2-1-3-9-16/h1-5,8-11,18H,6-7,12-15H2,(H,22,25). The number of fused-ring (bicyclic) bond motifs is 1. The van der Waals surface area contributed by atoms with Crippen molar-refractivity contribution in [3.63, 3.8) is 0 Å². The van der Waals surface area contributed by atoms with Gasteiger partial charge in [-0.15, -0.1) is 11.3 Å². The molecule has 1 fully saturated rings. The molecule has 0 saturated carbocycles. The lowest BCUT2D eigenvalue weighted by atomic mass is 10.1. The van der Waals surface area contributed by atoms with Crippen LogP contribution in [0.2, 0.25) is 0 Å². The molecule has 1 aliphatic rings. The minimum Gasteiger partial charge on any atom is -0.353 e. The maximum Gasteiger partial charge on any atom is 0.230 e. The van der Waals surface area contributed by atoms with Crippen molar-refractivity contribution in [1.82, 2.24) is 15.2 Å². The topological polar surface area (TPSA) is 45.2 Å². The van der Waals surface area contributed by atoms with Crippen molar-refractivity contribution in [3.05, 3.63) is 60.2 Å². The molecule has 1 aliphatic heterocycles. The Kier molecular flexibility index (Phi) is 6.07. The van der Waals surface area contributed by atoms with Gasteiger partial charge in [-0.1, -0.05) is 54.2 Å². The summed E-state index contributed by atoms with van der Waals surface area (Å²) >= 11 is 3.16. The van der Waals surface area contributed by atoms with Crippen molar-refractivity contribution in [2.75, 3.05) is 25.4 Å². The van der Waals surface area contributed by atoms with Crippen LogP contribution < -0.4 is 5.32 Å². The molecule has 140 valence electrons. The summed E-state index contributed by atoms with van der Waals surface area (Å²) in [7, 11) is 0. The second-order valence-electron chi connectivity index (χ2n) is 6.71. The van der Waals surface area contributed by atoms with Crippen molar-refractivity contribution in [3.8, 4) is 0 Å². The molecule has 4 rings (SSSR count). The summed E-state index contributed by atoms with van der Waals surface area (Å²) in [5.41, 5.74) is 2.28. The molecule has 0 spiro atoms. The van der Waals surface area contributed by atoms with Gasteiger partial charge in [0, 0.05) is 6.54 Å². The molecule has 1 unspecified atom stereocenters. The second-order valence-corrected chi connectivity index (χ2v) is 8.96. The number of carbonyl (C=O) groups excluding carboxylic acids is 1. The van der Waals surface area contributed by atoms with Gasteiger partial charge in [0.15, 0.2) is 4.34 Å². The zero-order valence-corrected chi connectivity index (χ0v) is 16.8. The first-order valence-electron chi connectivity index (χ1n) is 9.34. The van der Waals surface area contributed by atoms with Gasteiger partial charge in [-0.05, 0) is 43.6 Å². The summed E-state index contributed by atoms with van der Waals surface area (Å²) in [6.07, 6.45) is 2.48. The van der Waals surface area contributed by atoms with Crippen LogP contribution in [0.4, 0.5) is 0 Å². The number of hydrogen-bond acceptors (Lipinski definition) is 5. The lowest BCUT2D eigenvalue weighted by molar-refractivity contribution is -0.118. The highest BCUT2D eigenvalue weighted by Gasteiger charge is 2.23. The first-order chi connectivity index (χ1) is 13.3. The van der Waals surface area contributed by atoms with E-state index in [0.717, 1.165) is 22.9 Å². The summed E-state index contributed by atoms with van der Waals surface area (Å²) in [6.45, 7) is 2.87. The van der Waals surface area contributed by atoms with Gasteiger partial charge in [0.05, 0.1) is 22.0 Å². The van der Waals surface area contributed by atoms with Crippen LogP contribution in [-0.4, -0.2) is 41.2 Å². The van der Waals surface area contributed by atoms with Crippen LogP contribution in [0.1, 0.15) is 24.4 Å². The first-order valence-corrected chi connectivity index (χ1v) is 11.1. The predicted molar refractivity (Wildman–Crippen MR) is 113 cm³/mol. The maximum absolute atomic E-state index is 12.4. The van der Waals surface area contributed by atoms with Gasteiger partial charge >= 0.3 is 0 Å². The number of para-hydroxylation sites is 1. The molecule has 0 radical (unpaired) electrons. The number of nitrogens with zero attached hydrogens (tertiary/aromatic N) is 2. The normalized spacial score (nSPS) is 15.9. The van der Waals surface area contributed by atoms with Crippen LogP contribution in [0, 0.1) is 0 Å². The van der Waals surface area contributed by atoms with Crippen molar-refractivity contribution < 1.29 is 4.79 Å². The fourth-order valence-electron chi connectivity index (χ4n) is 3.49. The molecule has 4 nitrogen and oxygen atoms in total. The summed E-state index contributed by atoms with van der Waals surface area (Å²) in [5.74, 6) is 0.473. The zero-order valence-electron chi connectivity index (χ0n) is 15.1. The molecule has 3 aromatic rings. The third-order valence-electron chi connectivity index (χ3n) is 4.86. The van der Waals surface area contributed by atoms with Gasteiger partial charge in [0.2, 0.25) is 5.91 Å². The van der Waals surface area contributed by atoms with E-state index in [4.69, 9.17) is 0 Å². The van der Waals surface area contributed by atoms with Gasteiger partial charge in [-0.25, -0.2) is 4.98 Å². The minimum absolute atomic E-state index is 0.0689. The SMILES string of the molecule is O=C(CSc1nc2ccccc2s1)NCC(c1ccccc1)N1CCCC1. The number of thiazole rings is 1. The maximum atomic E-state index is 12.4. The van der Waals surface area contributed by atoms with Crippen LogP contribution in [0.3, 0.4) is 0 Å². The number of benzene rings is 2. The summed E-state index contributed by atoms with van der Waals surface area (Å²) in [6, 6.07) is 18.8. The van der Waals surface area contributed by atoms with E-state index >= 15 is 0 Å². The van der Waals surface area contributed by atoms with E-state index in [-0.39, 0.29) is 11.9 Å². The number of hydrogen-bond donors (Lipinski definition) is 1. The van der Waals surface area contributed by atoms with Gasteiger partial charge in [0.25, 0.3) is 0 Å². The van der Waals surface area contributed by atoms with Gasteiger partial charge in [0.1, 0.15) is 0 Å². The molecule has 1 amide bonds. The number of likely N-dealkylation sites (tertiary alicyclic amines) is 1. The molecular weight excluding hydrogens is 374 g/mol. The fourth-order valence-corrected chi connectivity index (χ4v) is 5.39. The lowest BCUT2D eigenvalue weighted by Gasteiger charge is -2.28. The van der Waals surface area contributed by atoms with Crippen LogP contribution >= 0.6 is 23.1 Å². The Bertz CT molecular complexity index is 858. The third-order valence-corrected chi connectivity index (χ3v) is 7.04. The van der Waals surface area contributed by atoms with E-state index in [1.807, 2.05) is 24.3 Å². The fraction of sp³-hybridized carbons (Fsp3) is 0.333. The molecule has 1 aromatic heterocycles. The zero-order chi connectivity index (χ0) is 18.5. The Labute approximate surface area is 168 Å². The Morgan fingerprint density at radius 3 is 2.63 bits per heavy atom. The van der Waals surface area contributed by atoms with E-state index in [9.17, 15) is 4.79 Å². The number of amides is 1. The van der Waals surface area contributed by atoms with E-state index in [0.29, 0.717) is 12.3 Å². The Morgan fingerprint density at radius 1 is 1.11 bits per heavy atom. The molecule has 6 heteroatoms. The van der Waals surface area contributed by atoms with Crippen LogP contribution in [0.25, 0.3) is 10.2 Å². The molecular formula is C21H23N3OS2. The Hall–Kier alpha value is -1.89. The Balaban J connectivity index is 1.33. The monoisotopic (exact) mass is 397 g/mol. The van der Waals surface area contributed by atoms with Gasteiger partial charge in [-0.2, -0.15) is 0 Å². The number of nitrogens with one attached hydrogen (secondary N) is 1. The number of carbonyl (C=O) groups is 1. The third kappa shape index (κ3) is 4.69. The molecule has 1 saturated heterocycles. The van der Waals surface area contributed by atoms with Gasteiger partial charge in [-0.3, -0.25) is 9.69 Å². The lowest BCUT2D eigenvalue weighted by Crippen LogP contribution is -2.37. The van der Waals surface area contributed by atoms with E-state index in [1.54, 1.807) is 11.3 Å². The van der Waals surface area contributed by atoms with Crippen molar-refractivity contribution >= 4 is 39.2 Å². The molecule has 0 aliphatic carbocycles. The number of aromatic nitrogens is 1. The molecule has 1 N–H and O–H groups in total. The largest absolute Gasteiger partial charge is 0.353 e. The van der Waals surface area contributed by atoms with Crippen LogP contribution in [0.15, 0.2) is 58.9 Å². The molecule has 0 bridgehead atoms. The highest BCUT2D eigenvalue weighted by Crippen LogP contribution is 2.29. The minimum atomic E-state index is 0.0689. The van der Waals surface area contributed by atoms with Crippen LogP contribution in [-0.2, 0) is 4.79 Å². The number of thioether (sulfide) groups is 1. The average molecular weight is 398 g/mol. The predicted octanol–water partition coefficient (Wildman–Crippen LogP) is 4.34. The summed E-state index contributed by atoms with van der Waals surface area (Å²) in [5, 5.41) is 3.14. The second kappa shape index (κ2) is 8.87. The quantitative estimate of drug-likeness (QED) is 0.602. The summed E-state index contributed by atoms with van der Waals surface area (Å²) in [4.78, 5) is 19.5. The highest BCUT2D eigenvalue weighted by molar-refractivity contribution is 8.01. The van der Waals surface area contributed by atoms with E-state index < -0.39 is 0 Å². The Morgan fingerprint density at radius 2 is 1.85 bits per heavy atom. The van der Waals surface area contributed by atoms with E-state index in [1.165, 1.54) is 34.9 Å². The first kappa shape index (κ1) is 18.5. The summed E-state index contributed by atoms with van der Waals surface area (Å²) < 4.78 is 2.11. The smallest absolute Gasteiger partial charge is 0.230 e. The van der Waals surface area contributed by atoms with Crippen molar-refractivity contribution in [2.45, 2.75) is 23.2 Å². The number of rotatable bonds is 7. The molecule has 2 aromatic carbocycles. The average Bonchev–Trinajstić information content (AvgIpc) is 3.37. The van der Waals surface area contributed by atoms with Gasteiger partial charge < -0.3 is 5.32 Å². The van der Waals surface area contributed by atoms with Crippen LogP contribution in [0.5, 0.6) is 0 Å². The highest BCUT2D eigenvalue weighted by atomic mass is 32.2. The molecule has 27 heavy (non-hydrogen) atoms.